The van der Waals surface area contributed by atoms with Crippen molar-refractivity contribution >= 4 is 0 Å². The maximum absolute atomic E-state index is 12.9. The zero-order valence-corrected chi connectivity index (χ0v) is 12.5. The van der Waals surface area contributed by atoms with Crippen LogP contribution in [0.2, 0.25) is 0 Å². The molecule has 0 amide bonds. The van der Waals surface area contributed by atoms with Gasteiger partial charge < -0.3 is 19.3 Å². The van der Waals surface area contributed by atoms with E-state index in [-0.39, 0.29) is 11.4 Å². The lowest BCUT2D eigenvalue weighted by molar-refractivity contribution is -0.0755. The summed E-state index contributed by atoms with van der Waals surface area (Å²) in [5.74, 6) is 0.491. The summed E-state index contributed by atoms with van der Waals surface area (Å²) in [6, 6.07) is 8.40. The second-order valence-corrected chi connectivity index (χ2v) is 5.65. The van der Waals surface area contributed by atoms with Gasteiger partial charge in [0.25, 0.3) is 0 Å². The summed E-state index contributed by atoms with van der Waals surface area (Å²) in [5.41, 5.74) is 1.77. The highest BCUT2D eigenvalue weighted by Crippen LogP contribution is 2.23. The molecule has 1 aliphatic rings. The number of nitrogens with zero attached hydrogens (tertiary/aromatic N) is 1. The van der Waals surface area contributed by atoms with Gasteiger partial charge in [-0.3, -0.25) is 0 Å². The predicted molar refractivity (Wildman–Crippen MR) is 77.7 cm³/mol. The van der Waals surface area contributed by atoms with E-state index in [2.05, 4.69) is 10.5 Å². The Morgan fingerprint density at radius 2 is 2.09 bits per heavy atom. The summed E-state index contributed by atoms with van der Waals surface area (Å²) in [6.45, 7) is 2.33. The van der Waals surface area contributed by atoms with Gasteiger partial charge in [0, 0.05) is 26.1 Å². The Morgan fingerprint density at radius 1 is 1.32 bits per heavy atom. The van der Waals surface area contributed by atoms with Gasteiger partial charge in [0.2, 0.25) is 0 Å². The third kappa shape index (κ3) is 3.52. The van der Waals surface area contributed by atoms with Crippen LogP contribution in [0, 0.1) is 5.82 Å². The Bertz CT molecular complexity index is 608. The fourth-order valence-electron chi connectivity index (χ4n) is 2.50. The van der Waals surface area contributed by atoms with E-state index in [4.69, 9.17) is 14.0 Å². The van der Waals surface area contributed by atoms with Gasteiger partial charge >= 0.3 is 0 Å². The standard InChI is InChI=1S/C16H19FN2O3/c1-20-9-15-6-14(19-22-15)7-16(10-21-11-16)18-8-12-2-4-13(17)5-3-12/h2-6,18H,7-11H2,1H3. The first-order chi connectivity index (χ1) is 10.7. The Morgan fingerprint density at radius 3 is 2.73 bits per heavy atom. The summed E-state index contributed by atoms with van der Waals surface area (Å²) < 4.78 is 28.5. The average molecular weight is 306 g/mol. The normalized spacial score (nSPS) is 16.5. The second kappa shape index (κ2) is 6.56. The Balaban J connectivity index is 1.60. The van der Waals surface area contributed by atoms with Crippen LogP contribution < -0.4 is 5.32 Å². The van der Waals surface area contributed by atoms with E-state index in [9.17, 15) is 4.39 Å². The summed E-state index contributed by atoms with van der Waals surface area (Å²) in [4.78, 5) is 0. The van der Waals surface area contributed by atoms with Gasteiger partial charge in [-0.25, -0.2) is 4.39 Å². The Labute approximate surface area is 128 Å². The lowest BCUT2D eigenvalue weighted by atomic mass is 9.91. The molecular formula is C16H19FN2O3. The number of methoxy groups -OCH3 is 1. The lowest BCUT2D eigenvalue weighted by Crippen LogP contribution is -2.61. The van der Waals surface area contributed by atoms with E-state index in [1.165, 1.54) is 12.1 Å². The van der Waals surface area contributed by atoms with Crippen molar-refractivity contribution in [3.05, 3.63) is 53.2 Å². The van der Waals surface area contributed by atoms with Crippen LogP contribution in [-0.4, -0.2) is 31.0 Å². The van der Waals surface area contributed by atoms with Crippen LogP contribution >= 0.6 is 0 Å². The summed E-state index contributed by atoms with van der Waals surface area (Å²) >= 11 is 0. The van der Waals surface area contributed by atoms with Crippen molar-refractivity contribution in [2.45, 2.75) is 25.1 Å². The first kappa shape index (κ1) is 15.1. The van der Waals surface area contributed by atoms with Crippen LogP contribution in [-0.2, 0) is 29.0 Å². The van der Waals surface area contributed by atoms with Gasteiger partial charge in [0.05, 0.1) is 24.4 Å². The third-order valence-electron chi connectivity index (χ3n) is 3.75. The van der Waals surface area contributed by atoms with E-state index >= 15 is 0 Å². The van der Waals surface area contributed by atoms with Crippen molar-refractivity contribution in [3.8, 4) is 0 Å². The molecule has 118 valence electrons. The van der Waals surface area contributed by atoms with Crippen molar-refractivity contribution in [3.63, 3.8) is 0 Å². The van der Waals surface area contributed by atoms with Gasteiger partial charge in [0.1, 0.15) is 12.4 Å². The molecule has 22 heavy (non-hydrogen) atoms. The molecule has 1 aliphatic heterocycles. The Hall–Kier alpha value is -1.76. The number of ether oxygens (including phenoxy) is 2. The summed E-state index contributed by atoms with van der Waals surface area (Å²) in [5, 5.41) is 7.57. The molecule has 1 N–H and O–H groups in total. The molecule has 2 aromatic rings. The summed E-state index contributed by atoms with van der Waals surface area (Å²) in [6.07, 6.45) is 0.724. The molecular weight excluding hydrogens is 287 g/mol. The largest absolute Gasteiger partial charge is 0.377 e. The van der Waals surface area contributed by atoms with Crippen molar-refractivity contribution in [1.82, 2.24) is 10.5 Å². The first-order valence-corrected chi connectivity index (χ1v) is 7.20. The second-order valence-electron chi connectivity index (χ2n) is 5.65. The first-order valence-electron chi connectivity index (χ1n) is 7.20. The molecule has 0 bridgehead atoms. The van der Waals surface area contributed by atoms with Crippen molar-refractivity contribution in [2.24, 2.45) is 0 Å². The smallest absolute Gasteiger partial charge is 0.162 e. The van der Waals surface area contributed by atoms with Gasteiger partial charge in [-0.05, 0) is 17.7 Å². The molecule has 3 rings (SSSR count). The van der Waals surface area contributed by atoms with Gasteiger partial charge in [-0.2, -0.15) is 0 Å². The molecule has 1 aromatic carbocycles. The lowest BCUT2D eigenvalue weighted by Gasteiger charge is -2.42. The van der Waals surface area contributed by atoms with Crippen LogP contribution in [0.4, 0.5) is 4.39 Å². The van der Waals surface area contributed by atoms with Crippen LogP contribution in [0.15, 0.2) is 34.9 Å². The molecule has 0 radical (unpaired) electrons. The number of nitrogens with one attached hydrogen (secondary N) is 1. The molecule has 0 unspecified atom stereocenters. The number of aromatic nitrogens is 1. The van der Waals surface area contributed by atoms with Crippen molar-refractivity contribution in [1.29, 1.82) is 0 Å². The quantitative estimate of drug-likeness (QED) is 0.848. The molecule has 1 fully saturated rings. The average Bonchev–Trinajstić information content (AvgIpc) is 2.91. The molecule has 0 saturated carbocycles. The fraction of sp³-hybridized carbons (Fsp3) is 0.438. The number of hydrogen-bond acceptors (Lipinski definition) is 5. The maximum atomic E-state index is 12.9. The zero-order valence-electron chi connectivity index (χ0n) is 12.5. The minimum atomic E-state index is -0.223. The number of rotatable bonds is 7. The van der Waals surface area contributed by atoms with Gasteiger partial charge in [-0.1, -0.05) is 17.3 Å². The van der Waals surface area contributed by atoms with Crippen LogP contribution in [0.1, 0.15) is 17.0 Å². The highest BCUT2D eigenvalue weighted by atomic mass is 19.1. The van der Waals surface area contributed by atoms with Crippen LogP contribution in [0.5, 0.6) is 0 Å². The van der Waals surface area contributed by atoms with E-state index < -0.39 is 0 Å². The van der Waals surface area contributed by atoms with E-state index in [0.29, 0.717) is 32.1 Å². The zero-order chi connectivity index (χ0) is 15.4. The minimum Gasteiger partial charge on any atom is -0.377 e. The maximum Gasteiger partial charge on any atom is 0.162 e. The number of hydrogen-bond donors (Lipinski definition) is 1. The molecule has 0 spiro atoms. The number of benzene rings is 1. The van der Waals surface area contributed by atoms with E-state index in [1.54, 1.807) is 19.2 Å². The third-order valence-corrected chi connectivity index (χ3v) is 3.75. The fourth-order valence-corrected chi connectivity index (χ4v) is 2.50. The van der Waals surface area contributed by atoms with E-state index in [0.717, 1.165) is 17.7 Å². The predicted octanol–water partition coefficient (Wildman–Crippen LogP) is 2.06. The van der Waals surface area contributed by atoms with Crippen LogP contribution in [0.3, 0.4) is 0 Å². The van der Waals surface area contributed by atoms with Crippen molar-refractivity contribution in [2.75, 3.05) is 20.3 Å². The molecule has 5 nitrogen and oxygen atoms in total. The molecule has 1 aromatic heterocycles. The highest BCUT2D eigenvalue weighted by Gasteiger charge is 2.39. The topological polar surface area (TPSA) is 56.5 Å². The molecule has 0 aliphatic carbocycles. The van der Waals surface area contributed by atoms with Gasteiger partial charge in [0.15, 0.2) is 5.76 Å². The molecule has 2 heterocycles. The monoisotopic (exact) mass is 306 g/mol. The molecule has 1 saturated heterocycles. The molecule has 6 heteroatoms. The van der Waals surface area contributed by atoms with E-state index in [1.807, 2.05) is 6.07 Å². The molecule has 0 atom stereocenters. The van der Waals surface area contributed by atoms with Gasteiger partial charge in [-0.15, -0.1) is 0 Å². The highest BCUT2D eigenvalue weighted by molar-refractivity contribution is 5.17. The van der Waals surface area contributed by atoms with Crippen LogP contribution in [0.25, 0.3) is 0 Å². The minimum absolute atomic E-state index is 0.143. The SMILES string of the molecule is COCc1cc(CC2(NCc3ccc(F)cc3)COC2)no1. The summed E-state index contributed by atoms with van der Waals surface area (Å²) in [7, 11) is 1.62. The van der Waals surface area contributed by atoms with Crippen molar-refractivity contribution < 1.29 is 18.4 Å². The Kier molecular flexibility index (Phi) is 4.52. The number of halogens is 1.